The summed E-state index contributed by atoms with van der Waals surface area (Å²) in [7, 11) is 0. The molecule has 0 aromatic carbocycles. The van der Waals surface area contributed by atoms with Gasteiger partial charge < -0.3 is 4.74 Å². The van der Waals surface area contributed by atoms with Crippen LogP contribution in [0, 0.1) is 13.8 Å². The zero-order chi connectivity index (χ0) is 13.0. The van der Waals surface area contributed by atoms with Gasteiger partial charge in [-0.15, -0.1) is 11.3 Å². The van der Waals surface area contributed by atoms with Crippen LogP contribution in [0.4, 0.5) is 0 Å². The zero-order valence-corrected chi connectivity index (χ0v) is 11.9. The number of hydrogen-bond acceptors (Lipinski definition) is 5. The van der Waals surface area contributed by atoms with E-state index in [4.69, 9.17) is 4.74 Å². The van der Waals surface area contributed by atoms with E-state index in [1.165, 1.54) is 4.88 Å². The highest BCUT2D eigenvalue weighted by Crippen LogP contribution is 2.22. The summed E-state index contributed by atoms with van der Waals surface area (Å²) in [5, 5.41) is 4.26. The van der Waals surface area contributed by atoms with Gasteiger partial charge in [0.15, 0.2) is 0 Å². The molecule has 5 heteroatoms. The first-order valence-electron chi connectivity index (χ1n) is 5.82. The van der Waals surface area contributed by atoms with Crippen LogP contribution in [0.15, 0.2) is 0 Å². The predicted octanol–water partition coefficient (Wildman–Crippen LogP) is 2.36. The lowest BCUT2D eigenvalue weighted by Gasteiger charge is -2.18. The third kappa shape index (κ3) is 3.78. The van der Waals surface area contributed by atoms with Crippen molar-refractivity contribution >= 4 is 17.3 Å². The molecule has 96 valence electrons. The summed E-state index contributed by atoms with van der Waals surface area (Å²) in [5.41, 5.74) is 1.02. The van der Waals surface area contributed by atoms with Crippen LogP contribution in [-0.4, -0.2) is 23.6 Å². The molecule has 1 heterocycles. The van der Waals surface area contributed by atoms with E-state index >= 15 is 0 Å². The molecule has 0 aliphatic carbocycles. The number of esters is 1. The van der Waals surface area contributed by atoms with Crippen molar-refractivity contribution in [2.45, 2.75) is 46.7 Å². The first-order chi connectivity index (χ1) is 7.95. The van der Waals surface area contributed by atoms with Gasteiger partial charge in [0.25, 0.3) is 0 Å². The highest BCUT2D eigenvalue weighted by molar-refractivity contribution is 7.11. The number of nitrogens with one attached hydrogen (secondary N) is 1. The van der Waals surface area contributed by atoms with Gasteiger partial charge in [0.05, 0.1) is 17.3 Å². The number of hydrogen-bond donors (Lipinski definition) is 1. The van der Waals surface area contributed by atoms with Crippen LogP contribution >= 0.6 is 11.3 Å². The Bertz CT molecular complexity index is 390. The van der Waals surface area contributed by atoms with Gasteiger partial charge >= 0.3 is 5.97 Å². The van der Waals surface area contributed by atoms with Crippen molar-refractivity contribution in [3.8, 4) is 0 Å². The molecule has 0 bridgehead atoms. The van der Waals surface area contributed by atoms with E-state index in [1.807, 2.05) is 34.6 Å². The molecule has 1 N–H and O–H groups in total. The van der Waals surface area contributed by atoms with E-state index in [-0.39, 0.29) is 18.1 Å². The highest BCUT2D eigenvalue weighted by Gasteiger charge is 2.19. The monoisotopic (exact) mass is 256 g/mol. The number of aromatic nitrogens is 1. The van der Waals surface area contributed by atoms with E-state index in [1.54, 1.807) is 11.3 Å². The minimum atomic E-state index is -0.314. The summed E-state index contributed by atoms with van der Waals surface area (Å²) in [6, 6.07) is -0.259. The predicted molar refractivity (Wildman–Crippen MR) is 69.2 cm³/mol. The van der Waals surface area contributed by atoms with Crippen LogP contribution in [0.1, 0.15) is 42.4 Å². The largest absolute Gasteiger partial charge is 0.465 e. The van der Waals surface area contributed by atoms with Crippen molar-refractivity contribution in [3.63, 3.8) is 0 Å². The number of carbonyl (C=O) groups excluding carboxylic acids is 1. The fourth-order valence-electron chi connectivity index (χ4n) is 1.74. The topological polar surface area (TPSA) is 51.2 Å². The number of ether oxygens (including phenoxy) is 1. The van der Waals surface area contributed by atoms with Crippen LogP contribution in [0.5, 0.6) is 0 Å². The molecule has 0 aliphatic rings. The second kappa shape index (κ2) is 6.12. The van der Waals surface area contributed by atoms with Gasteiger partial charge in [-0.1, -0.05) is 0 Å². The summed E-state index contributed by atoms with van der Waals surface area (Å²) < 4.78 is 4.96. The summed E-state index contributed by atoms with van der Waals surface area (Å²) in [5.74, 6) is -0.219. The van der Waals surface area contributed by atoms with E-state index in [0.29, 0.717) is 6.61 Å². The summed E-state index contributed by atoms with van der Waals surface area (Å²) in [6.45, 7) is 10.1. The molecule has 0 spiro atoms. The molecular formula is C12H20N2O2S. The molecule has 0 saturated heterocycles. The molecule has 1 rings (SSSR count). The van der Waals surface area contributed by atoms with Gasteiger partial charge in [0.1, 0.15) is 6.04 Å². The average molecular weight is 256 g/mol. The van der Waals surface area contributed by atoms with Crippen LogP contribution in [0.25, 0.3) is 0 Å². The Kier molecular flexibility index (Phi) is 5.08. The molecule has 2 atom stereocenters. The van der Waals surface area contributed by atoms with Crippen molar-refractivity contribution in [1.29, 1.82) is 0 Å². The molecule has 4 nitrogen and oxygen atoms in total. The fourth-order valence-corrected chi connectivity index (χ4v) is 2.65. The minimum Gasteiger partial charge on any atom is -0.465 e. The second-order valence-corrected chi connectivity index (χ2v) is 5.44. The maximum atomic E-state index is 11.5. The summed E-state index contributed by atoms with van der Waals surface area (Å²) >= 11 is 1.68. The lowest BCUT2D eigenvalue weighted by molar-refractivity contribution is -0.145. The van der Waals surface area contributed by atoms with E-state index < -0.39 is 0 Å². The van der Waals surface area contributed by atoms with Crippen molar-refractivity contribution in [3.05, 3.63) is 15.6 Å². The second-order valence-electron chi connectivity index (χ2n) is 4.04. The van der Waals surface area contributed by atoms with Gasteiger partial charge in [-0.05, 0) is 34.6 Å². The van der Waals surface area contributed by atoms with Gasteiger partial charge in [-0.25, -0.2) is 4.98 Å². The zero-order valence-electron chi connectivity index (χ0n) is 11.0. The Labute approximate surface area is 106 Å². The summed E-state index contributed by atoms with van der Waals surface area (Å²) in [4.78, 5) is 17.2. The molecule has 2 unspecified atom stereocenters. The third-order valence-corrected chi connectivity index (χ3v) is 3.39. The Morgan fingerprint density at radius 2 is 2.12 bits per heavy atom. The number of nitrogens with zero attached hydrogens (tertiary/aromatic N) is 1. The van der Waals surface area contributed by atoms with E-state index in [2.05, 4.69) is 10.3 Å². The lowest BCUT2D eigenvalue weighted by atomic mass is 10.2. The van der Waals surface area contributed by atoms with Crippen molar-refractivity contribution in [2.24, 2.45) is 0 Å². The Morgan fingerprint density at radius 3 is 2.59 bits per heavy atom. The minimum absolute atomic E-state index is 0.0550. The standard InChI is InChI=1S/C12H20N2O2S/c1-6-16-12(15)8(3)13-7(2)11-9(4)17-10(5)14-11/h7-8,13H,6H2,1-5H3. The fraction of sp³-hybridized carbons (Fsp3) is 0.667. The molecule has 1 aromatic rings. The highest BCUT2D eigenvalue weighted by atomic mass is 32.1. The van der Waals surface area contributed by atoms with Gasteiger partial charge in [0, 0.05) is 10.9 Å². The maximum Gasteiger partial charge on any atom is 0.322 e. The van der Waals surface area contributed by atoms with Gasteiger partial charge in [0.2, 0.25) is 0 Å². The molecule has 0 aliphatic heterocycles. The Morgan fingerprint density at radius 1 is 1.47 bits per heavy atom. The van der Waals surface area contributed by atoms with Crippen molar-refractivity contribution in [2.75, 3.05) is 6.61 Å². The maximum absolute atomic E-state index is 11.5. The molecule has 0 saturated carbocycles. The van der Waals surface area contributed by atoms with Crippen LogP contribution < -0.4 is 5.32 Å². The SMILES string of the molecule is CCOC(=O)C(C)NC(C)c1nc(C)sc1C. The number of rotatable bonds is 5. The lowest BCUT2D eigenvalue weighted by Crippen LogP contribution is -2.37. The van der Waals surface area contributed by atoms with Crippen molar-refractivity contribution < 1.29 is 9.53 Å². The number of carbonyl (C=O) groups is 1. The molecule has 0 radical (unpaired) electrons. The van der Waals surface area contributed by atoms with Crippen LogP contribution in [-0.2, 0) is 9.53 Å². The van der Waals surface area contributed by atoms with Gasteiger partial charge in [-0.3, -0.25) is 10.1 Å². The molecular weight excluding hydrogens is 236 g/mol. The average Bonchev–Trinajstić information content (AvgIpc) is 2.58. The summed E-state index contributed by atoms with van der Waals surface area (Å²) in [6.07, 6.45) is 0. The van der Waals surface area contributed by atoms with E-state index in [0.717, 1.165) is 10.7 Å². The third-order valence-electron chi connectivity index (χ3n) is 2.49. The Balaban J connectivity index is 2.63. The van der Waals surface area contributed by atoms with E-state index in [9.17, 15) is 4.79 Å². The Hall–Kier alpha value is -0.940. The molecule has 1 aromatic heterocycles. The van der Waals surface area contributed by atoms with Crippen molar-refractivity contribution in [1.82, 2.24) is 10.3 Å². The molecule has 17 heavy (non-hydrogen) atoms. The smallest absolute Gasteiger partial charge is 0.322 e. The molecule has 0 amide bonds. The normalized spacial score (nSPS) is 14.4. The van der Waals surface area contributed by atoms with Crippen LogP contribution in [0.3, 0.4) is 0 Å². The molecule has 0 fully saturated rings. The quantitative estimate of drug-likeness (QED) is 0.822. The number of thiazole rings is 1. The number of aryl methyl sites for hydroxylation is 2. The van der Waals surface area contributed by atoms with Gasteiger partial charge in [-0.2, -0.15) is 0 Å². The first kappa shape index (κ1) is 14.1. The first-order valence-corrected chi connectivity index (χ1v) is 6.64. The van der Waals surface area contributed by atoms with Crippen LogP contribution in [0.2, 0.25) is 0 Å².